The second kappa shape index (κ2) is 10.3. The van der Waals surface area contributed by atoms with Gasteiger partial charge in [0.2, 0.25) is 0 Å². The van der Waals surface area contributed by atoms with Gasteiger partial charge in [-0.25, -0.2) is 22.6 Å². The first-order valence-electron chi connectivity index (χ1n) is 10.6. The molecule has 0 saturated carbocycles. The second-order valence-electron chi connectivity index (χ2n) is 7.71. The molecule has 182 valence electrons. The molecule has 0 saturated heterocycles. The van der Waals surface area contributed by atoms with E-state index in [2.05, 4.69) is 20.0 Å². The van der Waals surface area contributed by atoms with Crippen LogP contribution in [0.3, 0.4) is 0 Å². The van der Waals surface area contributed by atoms with Gasteiger partial charge in [0.25, 0.3) is 10.0 Å². The van der Waals surface area contributed by atoms with Crippen LogP contribution in [-0.2, 0) is 21.2 Å². The maximum Gasteiger partial charge on any atom is 0.328 e. The molecule has 0 fully saturated rings. The minimum atomic E-state index is -3.84. The highest BCUT2D eigenvalue weighted by atomic mass is 32.2. The lowest BCUT2D eigenvalue weighted by molar-refractivity contribution is -0.141. The molecule has 0 amide bonds. The molecule has 0 aliphatic heterocycles. The fourth-order valence-corrected chi connectivity index (χ4v) is 5.90. The number of benzene rings is 1. The number of pyridine rings is 1. The molecule has 0 unspecified atom stereocenters. The zero-order valence-corrected chi connectivity index (χ0v) is 20.5. The first-order chi connectivity index (χ1) is 16.8. The lowest BCUT2D eigenvalue weighted by Crippen LogP contribution is -2.26. The van der Waals surface area contributed by atoms with E-state index in [0.29, 0.717) is 17.1 Å². The Bertz CT molecular complexity index is 1400. The van der Waals surface area contributed by atoms with Crippen molar-refractivity contribution < 1.29 is 23.1 Å². The van der Waals surface area contributed by atoms with Gasteiger partial charge in [0.05, 0.1) is 29.9 Å². The monoisotopic (exact) mass is 513 g/mol. The molecule has 4 aromatic rings. The van der Waals surface area contributed by atoms with Crippen molar-refractivity contribution in [3.8, 4) is 16.3 Å². The molecule has 4 rings (SSSR count). The molecule has 3 heterocycles. The molecular weight excluding hydrogens is 490 g/mol. The number of hydrogen-bond acceptors (Lipinski definition) is 8. The van der Waals surface area contributed by atoms with Gasteiger partial charge in [-0.05, 0) is 48.9 Å². The maximum atomic E-state index is 12.9. The lowest BCUT2D eigenvalue weighted by atomic mass is 10.1. The van der Waals surface area contributed by atoms with Crippen LogP contribution in [-0.4, -0.2) is 46.6 Å². The van der Waals surface area contributed by atoms with E-state index >= 15 is 0 Å². The number of thiophene rings is 1. The number of nitrogens with zero attached hydrogens (tertiary/aromatic N) is 4. The third-order valence-electron chi connectivity index (χ3n) is 5.26. The summed E-state index contributed by atoms with van der Waals surface area (Å²) in [5, 5.41) is 17.7. The van der Waals surface area contributed by atoms with Gasteiger partial charge in [-0.15, -0.1) is 16.4 Å². The third kappa shape index (κ3) is 5.73. The van der Waals surface area contributed by atoms with E-state index in [9.17, 15) is 18.3 Å². The van der Waals surface area contributed by atoms with Crippen molar-refractivity contribution in [1.29, 1.82) is 0 Å². The highest BCUT2D eigenvalue weighted by Crippen LogP contribution is 2.30. The molecule has 35 heavy (non-hydrogen) atoms. The van der Waals surface area contributed by atoms with Crippen molar-refractivity contribution in [1.82, 2.24) is 24.7 Å². The Morgan fingerprint density at radius 2 is 1.94 bits per heavy atom. The Kier molecular flexibility index (Phi) is 7.24. The number of methoxy groups -OCH3 is 1. The van der Waals surface area contributed by atoms with Crippen LogP contribution in [0.15, 0.2) is 71.2 Å². The van der Waals surface area contributed by atoms with Gasteiger partial charge in [0, 0.05) is 12.6 Å². The van der Waals surface area contributed by atoms with Crippen molar-refractivity contribution in [2.45, 2.75) is 29.6 Å². The quantitative estimate of drug-likeness (QED) is 0.330. The summed E-state index contributed by atoms with van der Waals surface area (Å²) in [4.78, 5) is 16.9. The number of aromatic nitrogens is 4. The van der Waals surface area contributed by atoms with Crippen molar-refractivity contribution in [2.75, 3.05) is 7.11 Å². The number of carbonyl (C=O) groups is 1. The van der Waals surface area contributed by atoms with E-state index < -0.39 is 28.1 Å². The molecular formula is C23H23N5O5S2. The first-order valence-corrected chi connectivity index (χ1v) is 12.9. The van der Waals surface area contributed by atoms with Crippen LogP contribution in [0.4, 0.5) is 0 Å². The van der Waals surface area contributed by atoms with Crippen molar-refractivity contribution >= 4 is 27.3 Å². The van der Waals surface area contributed by atoms with E-state index in [1.807, 2.05) is 6.07 Å². The molecule has 0 spiro atoms. The van der Waals surface area contributed by atoms with Crippen molar-refractivity contribution in [2.24, 2.45) is 0 Å². The Labute approximate surface area is 206 Å². The molecule has 0 radical (unpaired) electrons. The van der Waals surface area contributed by atoms with E-state index in [1.165, 1.54) is 16.9 Å². The minimum absolute atomic E-state index is 0.139. The number of carboxylic acid groups (broad SMARTS) is 1. The van der Waals surface area contributed by atoms with Crippen LogP contribution in [0.5, 0.6) is 5.75 Å². The summed E-state index contributed by atoms with van der Waals surface area (Å²) in [5.41, 5.74) is 1.77. The van der Waals surface area contributed by atoms with E-state index in [-0.39, 0.29) is 10.6 Å². The molecule has 0 bridgehead atoms. The summed E-state index contributed by atoms with van der Waals surface area (Å²) in [6.07, 6.45) is 3.27. The molecule has 2 N–H and O–H groups in total. The molecule has 3 aromatic heterocycles. The largest absolute Gasteiger partial charge is 0.497 e. The van der Waals surface area contributed by atoms with E-state index in [1.54, 1.807) is 62.7 Å². The summed E-state index contributed by atoms with van der Waals surface area (Å²) in [6.45, 7) is 1.62. The average Bonchev–Trinajstić information content (AvgIpc) is 3.54. The number of ether oxygens (including phenoxy) is 1. The number of hydrogen-bond donors (Lipinski definition) is 2. The summed E-state index contributed by atoms with van der Waals surface area (Å²) in [5.74, 6) is -0.409. The fraction of sp³-hybridized carbons (Fsp3) is 0.217. The van der Waals surface area contributed by atoms with Crippen molar-refractivity contribution in [3.05, 3.63) is 78.2 Å². The molecule has 12 heteroatoms. The molecule has 0 aliphatic rings. The molecule has 0 aliphatic carbocycles. The Hall–Kier alpha value is -3.61. The average molecular weight is 514 g/mol. The second-order valence-corrected chi connectivity index (χ2v) is 10.7. The van der Waals surface area contributed by atoms with Crippen LogP contribution >= 0.6 is 11.3 Å². The maximum absolute atomic E-state index is 12.9. The number of sulfonamides is 1. The lowest BCUT2D eigenvalue weighted by Gasteiger charge is -2.13. The predicted octanol–water partition coefficient (Wildman–Crippen LogP) is 3.32. The summed E-state index contributed by atoms with van der Waals surface area (Å²) >= 11 is 1.11. The minimum Gasteiger partial charge on any atom is -0.497 e. The summed E-state index contributed by atoms with van der Waals surface area (Å²) in [6, 6.07) is 14.0. The Morgan fingerprint density at radius 3 is 2.60 bits per heavy atom. The van der Waals surface area contributed by atoms with E-state index in [4.69, 9.17) is 4.74 Å². The molecule has 1 aromatic carbocycles. The normalized spacial score (nSPS) is 13.3. The smallest absolute Gasteiger partial charge is 0.328 e. The predicted molar refractivity (Wildman–Crippen MR) is 130 cm³/mol. The number of nitrogens with one attached hydrogen (secondary N) is 1. The fourth-order valence-electron chi connectivity index (χ4n) is 3.38. The van der Waals surface area contributed by atoms with Gasteiger partial charge in [-0.3, -0.25) is 4.98 Å². The van der Waals surface area contributed by atoms with Gasteiger partial charge >= 0.3 is 5.97 Å². The van der Waals surface area contributed by atoms with Gasteiger partial charge < -0.3 is 9.84 Å². The van der Waals surface area contributed by atoms with Crippen LogP contribution in [0.2, 0.25) is 0 Å². The zero-order valence-electron chi connectivity index (χ0n) is 18.9. The van der Waals surface area contributed by atoms with Crippen LogP contribution in [0.1, 0.15) is 30.3 Å². The summed E-state index contributed by atoms with van der Waals surface area (Å²) in [7, 11) is -2.29. The van der Waals surface area contributed by atoms with Crippen LogP contribution in [0.25, 0.3) is 10.6 Å². The highest BCUT2D eigenvalue weighted by molar-refractivity contribution is 7.91. The third-order valence-corrected chi connectivity index (χ3v) is 8.40. The first kappa shape index (κ1) is 24.5. The molecule has 10 nitrogen and oxygen atoms in total. The summed E-state index contributed by atoms with van der Waals surface area (Å²) < 4.78 is 34.9. The topological polar surface area (TPSA) is 136 Å². The zero-order chi connectivity index (χ0) is 25.0. The number of rotatable bonds is 10. The van der Waals surface area contributed by atoms with Gasteiger partial charge in [0.1, 0.15) is 15.7 Å². The molecule has 2 atom stereocenters. The van der Waals surface area contributed by atoms with E-state index in [0.717, 1.165) is 21.8 Å². The van der Waals surface area contributed by atoms with Gasteiger partial charge in [0.15, 0.2) is 6.04 Å². The van der Waals surface area contributed by atoms with Crippen LogP contribution < -0.4 is 9.46 Å². The van der Waals surface area contributed by atoms with Crippen molar-refractivity contribution in [3.63, 3.8) is 0 Å². The number of carboxylic acids is 1. The standard InChI is InChI=1S/C23H23N5O5S2/c1-15(26-35(31,32)22-11-10-21(34-22)18-5-3-4-12-24-18)19-14-28(27-25-19)20(23(29)30)13-16-6-8-17(33-2)9-7-16/h3-12,14-15,20,26H,13H2,1-2H3,(H,29,30)/t15-,20-/m0/s1. The number of aliphatic carboxylic acids is 1. The Morgan fingerprint density at radius 1 is 1.17 bits per heavy atom. The Balaban J connectivity index is 1.48. The highest BCUT2D eigenvalue weighted by Gasteiger charge is 2.26. The van der Waals surface area contributed by atoms with Gasteiger partial charge in [-0.2, -0.15) is 0 Å². The van der Waals surface area contributed by atoms with Crippen LogP contribution in [0, 0.1) is 0 Å². The SMILES string of the molecule is COc1ccc(C[C@@H](C(=O)O)n2cc([C@H](C)NS(=O)(=O)c3ccc(-c4ccccn4)s3)nn2)cc1. The van der Waals surface area contributed by atoms with Gasteiger partial charge in [-0.1, -0.05) is 23.4 Å².